The molecule has 1 aliphatic heterocycles. The molecule has 3 rings (SSSR count). The average Bonchev–Trinajstić information content (AvgIpc) is 2.60. The Hall–Kier alpha value is -2.84. The van der Waals surface area contributed by atoms with Crippen LogP contribution in [0.5, 0.6) is 0 Å². The van der Waals surface area contributed by atoms with E-state index in [1.165, 1.54) is 55.6 Å². The first-order chi connectivity index (χ1) is 11.7. The lowest BCUT2D eigenvalue weighted by molar-refractivity contribution is 0.0784. The Balaban J connectivity index is 2.12. The second-order valence-electron chi connectivity index (χ2n) is 5.59. The molecule has 2 aromatic rings. The van der Waals surface area contributed by atoms with Crippen molar-refractivity contribution in [1.82, 2.24) is 4.31 Å². The topological polar surface area (TPSA) is 115 Å². The molecule has 1 unspecified atom stereocenters. The molecule has 0 bridgehead atoms. The number of carbonyl (C=O) groups is 3. The van der Waals surface area contributed by atoms with Gasteiger partial charge in [0.25, 0.3) is 0 Å². The highest BCUT2D eigenvalue weighted by Crippen LogP contribution is 2.30. The number of sulfonamides is 1. The van der Waals surface area contributed by atoms with Gasteiger partial charge in [0.05, 0.1) is 4.90 Å². The third-order valence-corrected chi connectivity index (χ3v) is 5.98. The van der Waals surface area contributed by atoms with Gasteiger partial charge in [-0.15, -0.1) is 0 Å². The SMILES string of the molecule is CN1C(C(=O)c2cccc(C(N)=O)c2)C(=O)c2ccccc2S1(=O)=O. The first kappa shape index (κ1) is 17.0. The zero-order valence-corrected chi connectivity index (χ0v) is 14.0. The molecule has 0 saturated heterocycles. The standard InChI is InChI=1S/C17H14N2O5S/c1-19-14(15(20)10-5-4-6-11(9-10)17(18)22)16(21)12-7-2-3-8-13(12)25(19,23)24/h2-9,14H,1H3,(H2,18,22). The van der Waals surface area contributed by atoms with Crippen LogP contribution in [0.3, 0.4) is 0 Å². The molecule has 8 heteroatoms. The van der Waals surface area contributed by atoms with Crippen molar-refractivity contribution in [2.75, 3.05) is 7.05 Å². The number of rotatable bonds is 3. The van der Waals surface area contributed by atoms with Gasteiger partial charge >= 0.3 is 0 Å². The average molecular weight is 358 g/mol. The fourth-order valence-electron chi connectivity index (χ4n) is 2.77. The second kappa shape index (κ2) is 5.91. The molecule has 25 heavy (non-hydrogen) atoms. The number of primary amides is 1. The van der Waals surface area contributed by atoms with Gasteiger partial charge in [0.1, 0.15) is 0 Å². The maximum Gasteiger partial charge on any atom is 0.248 e. The lowest BCUT2D eigenvalue weighted by atomic mass is 9.95. The van der Waals surface area contributed by atoms with E-state index in [0.717, 1.165) is 4.31 Å². The highest BCUT2D eigenvalue weighted by Gasteiger charge is 2.45. The molecular weight excluding hydrogens is 344 g/mol. The van der Waals surface area contributed by atoms with Crippen molar-refractivity contribution in [3.63, 3.8) is 0 Å². The third kappa shape index (κ3) is 2.65. The third-order valence-electron chi connectivity index (χ3n) is 4.10. The van der Waals surface area contributed by atoms with Gasteiger partial charge < -0.3 is 5.73 Å². The molecule has 2 N–H and O–H groups in total. The Morgan fingerprint density at radius 2 is 1.68 bits per heavy atom. The Bertz CT molecular complexity index is 1010. The van der Waals surface area contributed by atoms with E-state index in [-0.39, 0.29) is 21.6 Å². The molecule has 0 spiro atoms. The van der Waals surface area contributed by atoms with E-state index < -0.39 is 33.5 Å². The molecule has 7 nitrogen and oxygen atoms in total. The van der Waals surface area contributed by atoms with Crippen LogP contribution in [-0.2, 0) is 10.0 Å². The number of fused-ring (bicyclic) bond motifs is 1. The van der Waals surface area contributed by atoms with Crippen LogP contribution in [-0.4, -0.2) is 43.3 Å². The number of amides is 1. The summed E-state index contributed by atoms with van der Waals surface area (Å²) in [6.45, 7) is 0. The van der Waals surface area contributed by atoms with Crippen LogP contribution in [0.2, 0.25) is 0 Å². The lowest BCUT2D eigenvalue weighted by Gasteiger charge is -2.31. The van der Waals surface area contributed by atoms with Crippen molar-refractivity contribution in [3.8, 4) is 0 Å². The van der Waals surface area contributed by atoms with Crippen LogP contribution in [0.25, 0.3) is 0 Å². The monoisotopic (exact) mass is 358 g/mol. The molecule has 0 saturated carbocycles. The molecule has 1 atom stereocenters. The van der Waals surface area contributed by atoms with E-state index in [1.807, 2.05) is 0 Å². The number of benzene rings is 2. The number of hydrogen-bond acceptors (Lipinski definition) is 5. The highest BCUT2D eigenvalue weighted by molar-refractivity contribution is 7.89. The lowest BCUT2D eigenvalue weighted by Crippen LogP contribution is -2.51. The summed E-state index contributed by atoms with van der Waals surface area (Å²) in [6.07, 6.45) is 0. The van der Waals surface area contributed by atoms with E-state index in [9.17, 15) is 22.8 Å². The summed E-state index contributed by atoms with van der Waals surface area (Å²) >= 11 is 0. The van der Waals surface area contributed by atoms with Crippen molar-refractivity contribution in [2.45, 2.75) is 10.9 Å². The minimum atomic E-state index is -3.98. The largest absolute Gasteiger partial charge is 0.366 e. The summed E-state index contributed by atoms with van der Waals surface area (Å²) in [5.74, 6) is -2.05. The van der Waals surface area contributed by atoms with E-state index >= 15 is 0 Å². The van der Waals surface area contributed by atoms with Gasteiger partial charge in [-0.25, -0.2) is 8.42 Å². The molecule has 1 aliphatic rings. The van der Waals surface area contributed by atoms with Crippen LogP contribution < -0.4 is 5.73 Å². The molecule has 0 radical (unpaired) electrons. The van der Waals surface area contributed by atoms with Gasteiger partial charge in [0.2, 0.25) is 15.9 Å². The Kier molecular flexibility index (Phi) is 4.02. The second-order valence-corrected chi connectivity index (χ2v) is 7.56. The maximum atomic E-state index is 12.8. The number of Topliss-reactive ketones (excluding diaryl/α,β-unsaturated/α-hetero) is 2. The minimum absolute atomic E-state index is 0.0231. The summed E-state index contributed by atoms with van der Waals surface area (Å²) in [4.78, 5) is 36.7. The van der Waals surface area contributed by atoms with E-state index in [4.69, 9.17) is 5.73 Å². The smallest absolute Gasteiger partial charge is 0.248 e. The predicted octanol–water partition coefficient (Wildman–Crippen LogP) is 0.854. The van der Waals surface area contributed by atoms with Crippen molar-refractivity contribution in [2.24, 2.45) is 5.73 Å². The van der Waals surface area contributed by atoms with Gasteiger partial charge in [0, 0.05) is 23.7 Å². The summed E-state index contributed by atoms with van der Waals surface area (Å²) in [5, 5.41) is 0. The molecule has 0 aromatic heterocycles. The fourth-order valence-corrected chi connectivity index (χ4v) is 4.25. The zero-order valence-electron chi connectivity index (χ0n) is 13.2. The molecule has 2 aromatic carbocycles. The van der Waals surface area contributed by atoms with Crippen LogP contribution in [0, 0.1) is 0 Å². The first-order valence-corrected chi connectivity index (χ1v) is 8.74. The number of carbonyl (C=O) groups excluding carboxylic acids is 3. The van der Waals surface area contributed by atoms with Crippen molar-refractivity contribution < 1.29 is 22.8 Å². The van der Waals surface area contributed by atoms with Crippen LogP contribution in [0.15, 0.2) is 53.4 Å². The van der Waals surface area contributed by atoms with Crippen molar-refractivity contribution >= 4 is 27.5 Å². The van der Waals surface area contributed by atoms with Gasteiger partial charge in [-0.3, -0.25) is 14.4 Å². The number of nitrogens with two attached hydrogens (primary N) is 1. The van der Waals surface area contributed by atoms with Gasteiger partial charge in [0.15, 0.2) is 17.6 Å². The molecule has 1 heterocycles. The number of likely N-dealkylation sites (N-methyl/N-ethyl adjacent to an activating group) is 1. The van der Waals surface area contributed by atoms with Crippen molar-refractivity contribution in [1.29, 1.82) is 0 Å². The van der Waals surface area contributed by atoms with E-state index in [1.54, 1.807) is 0 Å². The fraction of sp³-hybridized carbons (Fsp3) is 0.118. The van der Waals surface area contributed by atoms with Gasteiger partial charge in [-0.1, -0.05) is 24.3 Å². The minimum Gasteiger partial charge on any atom is -0.366 e. The summed E-state index contributed by atoms with van der Waals surface area (Å²) < 4.78 is 26.0. The van der Waals surface area contributed by atoms with Crippen molar-refractivity contribution in [3.05, 3.63) is 65.2 Å². The first-order valence-electron chi connectivity index (χ1n) is 7.30. The molecule has 0 fully saturated rings. The van der Waals surface area contributed by atoms with Crippen LogP contribution in [0.4, 0.5) is 0 Å². The van der Waals surface area contributed by atoms with Crippen LogP contribution >= 0.6 is 0 Å². The number of ketones is 2. The van der Waals surface area contributed by atoms with Crippen LogP contribution in [0.1, 0.15) is 31.1 Å². The molecule has 1 amide bonds. The maximum absolute atomic E-state index is 12.8. The summed E-state index contributed by atoms with van der Waals surface area (Å²) in [5.41, 5.74) is 5.31. The summed E-state index contributed by atoms with van der Waals surface area (Å²) in [6, 6.07) is 9.75. The Morgan fingerprint density at radius 3 is 2.36 bits per heavy atom. The molecular formula is C17H14N2O5S. The molecule has 128 valence electrons. The Morgan fingerprint density at radius 1 is 1.04 bits per heavy atom. The highest BCUT2D eigenvalue weighted by atomic mass is 32.2. The number of hydrogen-bond donors (Lipinski definition) is 1. The Labute approximate surface area is 144 Å². The van der Waals surface area contributed by atoms with E-state index in [2.05, 4.69) is 0 Å². The van der Waals surface area contributed by atoms with Gasteiger partial charge in [-0.2, -0.15) is 4.31 Å². The molecule has 0 aliphatic carbocycles. The van der Waals surface area contributed by atoms with Gasteiger partial charge in [-0.05, 0) is 24.3 Å². The zero-order chi connectivity index (χ0) is 18.4. The predicted molar refractivity (Wildman–Crippen MR) is 88.8 cm³/mol. The summed E-state index contributed by atoms with van der Waals surface area (Å²) in [7, 11) is -2.80. The quantitative estimate of drug-likeness (QED) is 0.645. The van der Waals surface area contributed by atoms with E-state index in [0.29, 0.717) is 0 Å². The number of nitrogens with zero attached hydrogens (tertiary/aromatic N) is 1. The normalized spacial score (nSPS) is 19.2.